The van der Waals surface area contributed by atoms with Gasteiger partial charge in [-0.1, -0.05) is 11.8 Å². The molecule has 0 saturated carbocycles. The van der Waals surface area contributed by atoms with E-state index in [0.29, 0.717) is 11.8 Å². The molecule has 2 heterocycles. The van der Waals surface area contributed by atoms with E-state index in [-0.39, 0.29) is 6.61 Å². The number of rotatable bonds is 4. The quantitative estimate of drug-likeness (QED) is 0.781. The summed E-state index contributed by atoms with van der Waals surface area (Å²) < 4.78 is 6.92. The molecule has 0 atom stereocenters. The summed E-state index contributed by atoms with van der Waals surface area (Å²) in [4.78, 5) is 0. The van der Waals surface area contributed by atoms with Gasteiger partial charge in [0.05, 0.1) is 13.2 Å². The van der Waals surface area contributed by atoms with E-state index in [9.17, 15) is 0 Å². The smallest absolute Gasteiger partial charge is 0.209 e. The van der Waals surface area contributed by atoms with Gasteiger partial charge in [0.25, 0.3) is 0 Å². The van der Waals surface area contributed by atoms with Crippen LogP contribution in [0.25, 0.3) is 0 Å². The van der Waals surface area contributed by atoms with Crippen LogP contribution in [0, 0.1) is 0 Å². The number of aromatic nitrogens is 4. The number of hydrogen-bond donors (Lipinski definition) is 1. The largest absolute Gasteiger partial charge is 0.394 e. The molecule has 0 unspecified atom stereocenters. The predicted octanol–water partition coefficient (Wildman–Crippen LogP) is -0.0635. The molecular weight excluding hydrogens is 216 g/mol. The van der Waals surface area contributed by atoms with Crippen LogP contribution in [0.3, 0.4) is 0 Å². The van der Waals surface area contributed by atoms with Crippen LogP contribution < -0.4 is 0 Å². The minimum Gasteiger partial charge on any atom is -0.394 e. The average Bonchev–Trinajstić information content (AvgIpc) is 2.68. The van der Waals surface area contributed by atoms with E-state index in [0.717, 1.165) is 31.2 Å². The minimum absolute atomic E-state index is 0.0619. The fourth-order valence-corrected chi connectivity index (χ4v) is 2.52. The molecule has 2 rings (SSSR count). The molecule has 15 heavy (non-hydrogen) atoms. The molecule has 1 aliphatic rings. The van der Waals surface area contributed by atoms with Crippen LogP contribution in [-0.2, 0) is 11.3 Å². The summed E-state index contributed by atoms with van der Waals surface area (Å²) in [5, 5.41) is 21.5. The second kappa shape index (κ2) is 5.43. The lowest BCUT2D eigenvalue weighted by atomic mass is 10.2. The molecule has 0 radical (unpaired) electrons. The third kappa shape index (κ3) is 2.90. The number of aliphatic hydroxyl groups excluding tert-OH is 1. The van der Waals surface area contributed by atoms with Crippen molar-refractivity contribution in [2.45, 2.75) is 29.8 Å². The summed E-state index contributed by atoms with van der Waals surface area (Å²) in [5.41, 5.74) is 0. The van der Waals surface area contributed by atoms with Crippen LogP contribution in [0.2, 0.25) is 0 Å². The Morgan fingerprint density at radius 3 is 3.00 bits per heavy atom. The van der Waals surface area contributed by atoms with Gasteiger partial charge in [-0.15, -0.1) is 5.10 Å². The highest BCUT2D eigenvalue weighted by Gasteiger charge is 2.18. The van der Waals surface area contributed by atoms with Crippen molar-refractivity contribution in [2.24, 2.45) is 0 Å². The summed E-state index contributed by atoms with van der Waals surface area (Å²) in [5.74, 6) is 0. The fraction of sp³-hybridized carbons (Fsp3) is 0.875. The number of nitrogens with zero attached hydrogens (tertiary/aromatic N) is 4. The highest BCUT2D eigenvalue weighted by atomic mass is 32.2. The second-order valence-electron chi connectivity index (χ2n) is 3.34. The molecular formula is C8H14N4O2S. The first-order valence-corrected chi connectivity index (χ1v) is 5.89. The molecule has 1 aromatic heterocycles. The molecule has 0 aromatic carbocycles. The Bertz CT molecular complexity index is 301. The number of tetrazole rings is 1. The highest BCUT2D eigenvalue weighted by Crippen LogP contribution is 2.27. The zero-order valence-corrected chi connectivity index (χ0v) is 9.19. The number of thioether (sulfide) groups is 1. The van der Waals surface area contributed by atoms with Crippen molar-refractivity contribution >= 4 is 11.8 Å². The lowest BCUT2D eigenvalue weighted by molar-refractivity contribution is 0.0999. The second-order valence-corrected chi connectivity index (χ2v) is 4.61. The van der Waals surface area contributed by atoms with E-state index in [2.05, 4.69) is 15.5 Å². The summed E-state index contributed by atoms with van der Waals surface area (Å²) >= 11 is 1.67. The van der Waals surface area contributed by atoms with Crippen molar-refractivity contribution in [2.75, 3.05) is 19.8 Å². The molecule has 7 heteroatoms. The topological polar surface area (TPSA) is 73.1 Å². The van der Waals surface area contributed by atoms with Gasteiger partial charge < -0.3 is 9.84 Å². The van der Waals surface area contributed by atoms with Gasteiger partial charge >= 0.3 is 0 Å². The lowest BCUT2D eigenvalue weighted by Crippen LogP contribution is -2.18. The van der Waals surface area contributed by atoms with Gasteiger partial charge in [-0.3, -0.25) is 0 Å². The molecule has 0 aliphatic carbocycles. The average molecular weight is 230 g/mol. The summed E-state index contributed by atoms with van der Waals surface area (Å²) in [6.45, 7) is 2.16. The first-order valence-electron chi connectivity index (χ1n) is 5.01. The standard InChI is InChI=1S/C8H14N4O2S/c13-4-3-12-8(9-10-11-12)15-7-1-5-14-6-2-7/h7,13H,1-6H2. The molecule has 1 fully saturated rings. The lowest BCUT2D eigenvalue weighted by Gasteiger charge is -2.20. The molecule has 0 amide bonds. The monoisotopic (exact) mass is 230 g/mol. The van der Waals surface area contributed by atoms with E-state index < -0.39 is 0 Å². The van der Waals surface area contributed by atoms with Crippen LogP contribution in [0.1, 0.15) is 12.8 Å². The van der Waals surface area contributed by atoms with Gasteiger partial charge in [-0.05, 0) is 23.3 Å². The van der Waals surface area contributed by atoms with E-state index in [4.69, 9.17) is 9.84 Å². The molecule has 0 bridgehead atoms. The molecule has 84 valence electrons. The van der Waals surface area contributed by atoms with Crippen molar-refractivity contribution in [1.82, 2.24) is 20.2 Å². The number of hydrogen-bond acceptors (Lipinski definition) is 6. The Morgan fingerprint density at radius 1 is 1.47 bits per heavy atom. The van der Waals surface area contributed by atoms with Gasteiger partial charge in [-0.25, -0.2) is 4.68 Å². The van der Waals surface area contributed by atoms with Gasteiger partial charge in [0.2, 0.25) is 5.16 Å². The van der Waals surface area contributed by atoms with Crippen molar-refractivity contribution < 1.29 is 9.84 Å². The van der Waals surface area contributed by atoms with Crippen LogP contribution in [-0.4, -0.2) is 50.4 Å². The minimum atomic E-state index is 0.0619. The Balaban J connectivity index is 1.93. The van der Waals surface area contributed by atoms with Gasteiger partial charge in [0, 0.05) is 18.5 Å². The molecule has 1 N–H and O–H groups in total. The van der Waals surface area contributed by atoms with Crippen LogP contribution in [0.15, 0.2) is 5.16 Å². The van der Waals surface area contributed by atoms with E-state index in [1.807, 2.05) is 0 Å². The summed E-state index contributed by atoms with van der Waals surface area (Å²) in [6.07, 6.45) is 2.08. The van der Waals surface area contributed by atoms with Crippen molar-refractivity contribution in [1.29, 1.82) is 0 Å². The zero-order valence-electron chi connectivity index (χ0n) is 8.37. The molecule has 6 nitrogen and oxygen atoms in total. The van der Waals surface area contributed by atoms with Crippen LogP contribution in [0.5, 0.6) is 0 Å². The normalized spacial score (nSPS) is 18.2. The third-order valence-electron chi connectivity index (χ3n) is 2.25. The number of aliphatic hydroxyl groups is 1. The van der Waals surface area contributed by atoms with Crippen molar-refractivity contribution in [3.8, 4) is 0 Å². The van der Waals surface area contributed by atoms with Crippen LogP contribution >= 0.6 is 11.8 Å². The Labute approximate surface area is 92.0 Å². The maximum absolute atomic E-state index is 8.82. The summed E-state index contributed by atoms with van der Waals surface area (Å²) in [6, 6.07) is 0. The molecule has 1 aromatic rings. The fourth-order valence-electron chi connectivity index (χ4n) is 1.46. The van der Waals surface area contributed by atoms with Gasteiger partial charge in [-0.2, -0.15) is 0 Å². The van der Waals surface area contributed by atoms with Crippen LogP contribution in [0.4, 0.5) is 0 Å². The van der Waals surface area contributed by atoms with E-state index in [1.54, 1.807) is 16.4 Å². The van der Waals surface area contributed by atoms with Crippen molar-refractivity contribution in [3.63, 3.8) is 0 Å². The zero-order chi connectivity index (χ0) is 10.5. The van der Waals surface area contributed by atoms with E-state index >= 15 is 0 Å². The van der Waals surface area contributed by atoms with Gasteiger partial charge in [0.1, 0.15) is 0 Å². The molecule has 0 spiro atoms. The molecule has 1 aliphatic heterocycles. The number of ether oxygens (including phenoxy) is 1. The predicted molar refractivity (Wildman–Crippen MR) is 54.6 cm³/mol. The maximum atomic E-state index is 8.82. The first-order chi connectivity index (χ1) is 7.40. The molecule has 1 saturated heterocycles. The third-order valence-corrected chi connectivity index (χ3v) is 3.56. The maximum Gasteiger partial charge on any atom is 0.209 e. The Morgan fingerprint density at radius 2 is 2.27 bits per heavy atom. The Kier molecular flexibility index (Phi) is 3.93. The SMILES string of the molecule is OCCn1nnnc1SC1CCOCC1. The van der Waals surface area contributed by atoms with Crippen molar-refractivity contribution in [3.05, 3.63) is 0 Å². The van der Waals surface area contributed by atoms with Gasteiger partial charge in [0.15, 0.2) is 0 Å². The summed E-state index contributed by atoms with van der Waals surface area (Å²) in [7, 11) is 0. The Hall–Kier alpha value is -0.660. The van der Waals surface area contributed by atoms with E-state index in [1.165, 1.54) is 0 Å². The highest BCUT2D eigenvalue weighted by molar-refractivity contribution is 7.99. The first kappa shape index (κ1) is 10.8.